The first kappa shape index (κ1) is 28.3. The Bertz CT molecular complexity index is 1310. The van der Waals surface area contributed by atoms with Crippen LogP contribution in [0.15, 0.2) is 97.1 Å². The first-order valence-corrected chi connectivity index (χ1v) is 13.9. The number of hydrogen-bond acceptors (Lipinski definition) is 4. The van der Waals surface area contributed by atoms with E-state index in [2.05, 4.69) is 31.2 Å². The Morgan fingerprint density at radius 3 is 1.82 bits per heavy atom. The van der Waals surface area contributed by atoms with E-state index in [1.807, 2.05) is 49.4 Å². The molecule has 39 heavy (non-hydrogen) atoms. The van der Waals surface area contributed by atoms with Crippen LogP contribution in [0.5, 0.6) is 17.2 Å². The molecule has 0 aliphatic heterocycles. The Morgan fingerprint density at radius 2 is 1.26 bits per heavy atom. The molecule has 1 atom stereocenters. The van der Waals surface area contributed by atoms with E-state index in [-0.39, 0.29) is 11.5 Å². The van der Waals surface area contributed by atoms with Crippen LogP contribution in [0.4, 0.5) is 0 Å². The number of phenols is 3. The molecule has 0 amide bonds. The number of rotatable bonds is 6. The van der Waals surface area contributed by atoms with Crippen molar-refractivity contribution < 1.29 is 20.4 Å². The predicted octanol–water partition coefficient (Wildman–Crippen LogP) is 7.95. The molecule has 0 heterocycles. The topological polar surface area (TPSA) is 80.9 Å². The summed E-state index contributed by atoms with van der Waals surface area (Å²) in [5.41, 5.74) is 5.81. The molecule has 0 aromatic heterocycles. The Morgan fingerprint density at radius 1 is 0.718 bits per heavy atom. The van der Waals surface area contributed by atoms with Crippen molar-refractivity contribution in [3.05, 3.63) is 125 Å². The largest absolute Gasteiger partial charge is 0.508 e. The molecule has 4 aromatic rings. The molecule has 4 aromatic carbocycles. The van der Waals surface area contributed by atoms with Crippen LogP contribution in [0.1, 0.15) is 79.2 Å². The van der Waals surface area contributed by atoms with Gasteiger partial charge >= 0.3 is 0 Å². The van der Waals surface area contributed by atoms with E-state index >= 15 is 0 Å². The average Bonchev–Trinajstić information content (AvgIpc) is 2.96. The quantitative estimate of drug-likeness (QED) is 0.206. The molecular weight excluding hydrogens is 484 g/mol. The highest BCUT2D eigenvalue weighted by Crippen LogP contribution is 2.45. The van der Waals surface area contributed by atoms with E-state index in [4.69, 9.17) is 0 Å². The summed E-state index contributed by atoms with van der Waals surface area (Å²) in [5.74, 6) is 1.24. The van der Waals surface area contributed by atoms with Gasteiger partial charge in [-0.15, -0.1) is 0 Å². The second-order valence-corrected chi connectivity index (χ2v) is 10.7. The Kier molecular flexibility index (Phi) is 9.32. The van der Waals surface area contributed by atoms with Crippen LogP contribution >= 0.6 is 0 Å². The van der Waals surface area contributed by atoms with Crippen molar-refractivity contribution in [2.24, 2.45) is 0 Å². The van der Waals surface area contributed by atoms with Gasteiger partial charge in [-0.3, -0.25) is 0 Å². The minimum absolute atomic E-state index is 0.0335. The molecule has 204 valence electrons. The average molecular weight is 525 g/mol. The van der Waals surface area contributed by atoms with Crippen LogP contribution in [0.2, 0.25) is 0 Å². The van der Waals surface area contributed by atoms with Gasteiger partial charge in [-0.1, -0.05) is 80.1 Å². The zero-order valence-corrected chi connectivity index (χ0v) is 22.9. The summed E-state index contributed by atoms with van der Waals surface area (Å²) in [6.45, 7) is 4.08. The molecule has 4 N–H and O–H groups in total. The molecule has 0 spiro atoms. The molecular formula is C35H40O4. The second kappa shape index (κ2) is 12.9. The van der Waals surface area contributed by atoms with Crippen LogP contribution in [0.25, 0.3) is 0 Å². The lowest BCUT2D eigenvalue weighted by Gasteiger charge is -2.40. The minimum Gasteiger partial charge on any atom is -0.508 e. The summed E-state index contributed by atoms with van der Waals surface area (Å²) in [6, 6.07) is 31.2. The van der Waals surface area contributed by atoms with E-state index < -0.39 is 0 Å². The molecule has 4 nitrogen and oxygen atoms in total. The third-order valence-corrected chi connectivity index (χ3v) is 8.05. The van der Waals surface area contributed by atoms with Gasteiger partial charge < -0.3 is 20.4 Å². The standard InChI is InChI=1S/C18H20O2.C17H20O2/c19-16-8-6-15(7-9-16)18(12-10-17(20)11-13-18)14-4-2-1-3-5-14;1-3-4-16(13-5-8-15(18)9-6-13)14-7-10-17(19)12(2)11-14/h1-9,17,19-20H,10-13H2;5-11,16,18-19H,3-4H2,1-2H3. The molecule has 1 aliphatic carbocycles. The molecule has 1 fully saturated rings. The van der Waals surface area contributed by atoms with Gasteiger partial charge in [0.15, 0.2) is 0 Å². The van der Waals surface area contributed by atoms with Gasteiger partial charge in [0.1, 0.15) is 17.2 Å². The Labute approximate surface area is 232 Å². The van der Waals surface area contributed by atoms with Gasteiger partial charge in [-0.05, 0) is 97.2 Å². The van der Waals surface area contributed by atoms with Crippen LogP contribution in [0.3, 0.4) is 0 Å². The van der Waals surface area contributed by atoms with Gasteiger partial charge in [0, 0.05) is 11.3 Å². The molecule has 0 radical (unpaired) electrons. The second-order valence-electron chi connectivity index (χ2n) is 10.7. The summed E-state index contributed by atoms with van der Waals surface area (Å²) in [7, 11) is 0. The van der Waals surface area contributed by atoms with Crippen molar-refractivity contribution in [2.75, 3.05) is 0 Å². The van der Waals surface area contributed by atoms with Gasteiger partial charge in [0.2, 0.25) is 0 Å². The summed E-state index contributed by atoms with van der Waals surface area (Å²) >= 11 is 0. The smallest absolute Gasteiger partial charge is 0.118 e. The number of aryl methyl sites for hydroxylation is 1. The van der Waals surface area contributed by atoms with Crippen molar-refractivity contribution in [3.8, 4) is 17.2 Å². The number of aromatic hydroxyl groups is 3. The maximum Gasteiger partial charge on any atom is 0.118 e. The molecule has 0 bridgehead atoms. The Balaban J connectivity index is 0.000000181. The van der Waals surface area contributed by atoms with Crippen molar-refractivity contribution >= 4 is 0 Å². The summed E-state index contributed by atoms with van der Waals surface area (Å²) in [4.78, 5) is 0. The lowest BCUT2D eigenvalue weighted by molar-refractivity contribution is 0.106. The van der Waals surface area contributed by atoms with E-state index in [9.17, 15) is 20.4 Å². The van der Waals surface area contributed by atoms with Crippen molar-refractivity contribution in [2.45, 2.75) is 69.8 Å². The Hall–Kier alpha value is -3.76. The van der Waals surface area contributed by atoms with E-state index in [1.165, 1.54) is 22.3 Å². The first-order valence-electron chi connectivity index (χ1n) is 13.9. The fourth-order valence-corrected chi connectivity index (χ4v) is 5.79. The first-order chi connectivity index (χ1) is 18.8. The number of hydrogen-bond donors (Lipinski definition) is 4. The number of aliphatic hydroxyl groups is 1. The fraction of sp³-hybridized carbons (Fsp3) is 0.314. The maximum atomic E-state index is 9.84. The van der Waals surface area contributed by atoms with Crippen LogP contribution < -0.4 is 0 Å². The van der Waals surface area contributed by atoms with E-state index in [0.29, 0.717) is 23.2 Å². The highest BCUT2D eigenvalue weighted by atomic mass is 16.3. The zero-order chi connectivity index (χ0) is 27.8. The van der Waals surface area contributed by atoms with Crippen molar-refractivity contribution in [1.82, 2.24) is 0 Å². The fourth-order valence-electron chi connectivity index (χ4n) is 5.79. The monoisotopic (exact) mass is 524 g/mol. The van der Waals surface area contributed by atoms with E-state index in [0.717, 1.165) is 44.1 Å². The predicted molar refractivity (Wildman–Crippen MR) is 158 cm³/mol. The molecule has 0 saturated heterocycles. The highest BCUT2D eigenvalue weighted by molar-refractivity contribution is 5.43. The third-order valence-electron chi connectivity index (χ3n) is 8.05. The summed E-state index contributed by atoms with van der Waals surface area (Å²) < 4.78 is 0. The summed E-state index contributed by atoms with van der Waals surface area (Å²) in [5, 5.41) is 38.4. The lowest BCUT2D eigenvalue weighted by Crippen LogP contribution is -2.34. The van der Waals surface area contributed by atoms with Crippen molar-refractivity contribution in [3.63, 3.8) is 0 Å². The molecule has 1 unspecified atom stereocenters. The number of phenolic OH excluding ortho intramolecular Hbond substituents is 3. The SMILES string of the molecule is CCCC(c1ccc(O)cc1)c1ccc(O)c(C)c1.Oc1ccc(C2(c3ccccc3)CCC(O)CC2)cc1. The molecule has 5 rings (SSSR count). The lowest BCUT2D eigenvalue weighted by atomic mass is 9.65. The third kappa shape index (κ3) is 6.82. The van der Waals surface area contributed by atoms with Crippen LogP contribution in [0, 0.1) is 6.92 Å². The molecule has 1 aliphatic rings. The zero-order valence-electron chi connectivity index (χ0n) is 22.9. The minimum atomic E-state index is -0.177. The normalized spacial score (nSPS) is 19.5. The molecule has 4 heteroatoms. The van der Waals surface area contributed by atoms with Crippen molar-refractivity contribution in [1.29, 1.82) is 0 Å². The van der Waals surface area contributed by atoms with Gasteiger partial charge in [0.25, 0.3) is 0 Å². The van der Waals surface area contributed by atoms with Crippen LogP contribution in [-0.4, -0.2) is 26.5 Å². The van der Waals surface area contributed by atoms with Gasteiger partial charge in [-0.2, -0.15) is 0 Å². The van der Waals surface area contributed by atoms with Gasteiger partial charge in [-0.25, -0.2) is 0 Å². The number of aliphatic hydroxyl groups excluding tert-OH is 1. The van der Waals surface area contributed by atoms with Crippen LogP contribution in [-0.2, 0) is 5.41 Å². The summed E-state index contributed by atoms with van der Waals surface area (Å²) in [6.07, 6.45) is 5.52. The highest BCUT2D eigenvalue weighted by Gasteiger charge is 2.37. The van der Waals surface area contributed by atoms with Gasteiger partial charge in [0.05, 0.1) is 6.10 Å². The molecule has 1 saturated carbocycles. The van der Waals surface area contributed by atoms with E-state index in [1.54, 1.807) is 30.3 Å². The number of benzene rings is 4. The maximum absolute atomic E-state index is 9.84.